The van der Waals surface area contributed by atoms with Crippen molar-refractivity contribution in [2.45, 2.75) is 31.9 Å². The highest BCUT2D eigenvalue weighted by atomic mass is 35.5. The Hall–Kier alpha value is -1.11. The zero-order valence-corrected chi connectivity index (χ0v) is 12.4. The molecule has 1 unspecified atom stereocenters. The second kappa shape index (κ2) is 7.61. The van der Waals surface area contributed by atoms with E-state index in [1.54, 1.807) is 13.3 Å². The van der Waals surface area contributed by atoms with E-state index in [0.717, 1.165) is 25.9 Å². The van der Waals surface area contributed by atoms with Crippen molar-refractivity contribution in [2.24, 2.45) is 0 Å². The van der Waals surface area contributed by atoms with Crippen LogP contribution in [0, 0.1) is 0 Å². The predicted octanol–water partition coefficient (Wildman–Crippen LogP) is 1.52. The number of anilines is 1. The van der Waals surface area contributed by atoms with Gasteiger partial charge < -0.3 is 14.8 Å². The first kappa shape index (κ1) is 15.3. The highest BCUT2D eigenvalue weighted by Crippen LogP contribution is 2.18. The van der Waals surface area contributed by atoms with Gasteiger partial charge in [-0.2, -0.15) is 5.10 Å². The molecular formula is C13H20ClN3O3. The molecule has 0 saturated carbocycles. The fraction of sp³-hybridized carbons (Fsp3) is 0.692. The maximum atomic E-state index is 12.0. The molecular weight excluding hydrogens is 282 g/mol. The molecule has 7 heteroatoms. The number of rotatable bonds is 7. The molecule has 0 amide bonds. The summed E-state index contributed by atoms with van der Waals surface area (Å²) in [5, 5.41) is 7.39. The molecule has 1 N–H and O–H groups in total. The molecule has 6 nitrogen and oxygen atoms in total. The van der Waals surface area contributed by atoms with Crippen LogP contribution in [0.25, 0.3) is 0 Å². The summed E-state index contributed by atoms with van der Waals surface area (Å²) in [5.41, 5.74) is 0.272. The standard InChI is InChI=1S/C13H20ClN3O3/c1-19-8-6-17-13(18)12(14)11(9-16-17)15-5-4-10-3-2-7-20-10/h9-10,15H,2-8H2,1H3. The zero-order chi connectivity index (χ0) is 14.4. The van der Waals surface area contributed by atoms with E-state index in [4.69, 9.17) is 21.1 Å². The van der Waals surface area contributed by atoms with Crippen molar-refractivity contribution in [1.29, 1.82) is 0 Å². The van der Waals surface area contributed by atoms with E-state index >= 15 is 0 Å². The van der Waals surface area contributed by atoms with Crippen molar-refractivity contribution >= 4 is 17.3 Å². The van der Waals surface area contributed by atoms with Crippen molar-refractivity contribution in [3.8, 4) is 0 Å². The Bertz CT molecular complexity index is 486. The number of halogens is 1. The fourth-order valence-corrected chi connectivity index (χ4v) is 2.38. The first-order valence-electron chi connectivity index (χ1n) is 6.82. The third-order valence-electron chi connectivity index (χ3n) is 3.30. The average Bonchev–Trinajstić information content (AvgIpc) is 2.96. The van der Waals surface area contributed by atoms with Gasteiger partial charge in [-0.1, -0.05) is 11.6 Å². The van der Waals surface area contributed by atoms with Crippen LogP contribution in [0.15, 0.2) is 11.0 Å². The SMILES string of the molecule is COCCn1ncc(NCCC2CCCO2)c(Cl)c1=O. The topological polar surface area (TPSA) is 65.4 Å². The second-order valence-electron chi connectivity index (χ2n) is 4.74. The summed E-state index contributed by atoms with van der Waals surface area (Å²) in [6.07, 6.45) is 5.03. The normalized spacial score (nSPS) is 18.4. The number of hydrogen-bond donors (Lipinski definition) is 1. The van der Waals surface area contributed by atoms with E-state index in [-0.39, 0.29) is 10.6 Å². The third kappa shape index (κ3) is 3.94. The summed E-state index contributed by atoms with van der Waals surface area (Å²) in [4.78, 5) is 12.0. The van der Waals surface area contributed by atoms with Crippen LogP contribution in [0.5, 0.6) is 0 Å². The van der Waals surface area contributed by atoms with Crippen LogP contribution in [0.3, 0.4) is 0 Å². The van der Waals surface area contributed by atoms with E-state index in [1.165, 1.54) is 4.68 Å². The van der Waals surface area contributed by atoms with Crippen LogP contribution in [-0.2, 0) is 16.0 Å². The highest BCUT2D eigenvalue weighted by Gasteiger charge is 2.15. The predicted molar refractivity (Wildman–Crippen MR) is 77.5 cm³/mol. The molecule has 0 aromatic carbocycles. The molecule has 20 heavy (non-hydrogen) atoms. The molecule has 0 spiro atoms. The summed E-state index contributed by atoms with van der Waals surface area (Å²) < 4.78 is 11.8. The summed E-state index contributed by atoms with van der Waals surface area (Å²) in [7, 11) is 1.58. The summed E-state index contributed by atoms with van der Waals surface area (Å²) in [6.45, 7) is 2.39. The Kier molecular flexibility index (Phi) is 5.82. The minimum Gasteiger partial charge on any atom is -0.383 e. The van der Waals surface area contributed by atoms with Gasteiger partial charge in [-0.3, -0.25) is 4.79 Å². The van der Waals surface area contributed by atoms with Gasteiger partial charge in [0.1, 0.15) is 5.02 Å². The third-order valence-corrected chi connectivity index (χ3v) is 3.66. The highest BCUT2D eigenvalue weighted by molar-refractivity contribution is 6.32. The number of aromatic nitrogens is 2. The molecule has 1 fully saturated rings. The van der Waals surface area contributed by atoms with Gasteiger partial charge in [0.05, 0.1) is 31.1 Å². The number of nitrogens with one attached hydrogen (secondary N) is 1. The number of methoxy groups -OCH3 is 1. The van der Waals surface area contributed by atoms with Gasteiger partial charge in [0.15, 0.2) is 0 Å². The smallest absolute Gasteiger partial charge is 0.287 e. The number of nitrogens with zero attached hydrogens (tertiary/aromatic N) is 2. The van der Waals surface area contributed by atoms with Gasteiger partial charge in [0, 0.05) is 20.3 Å². The van der Waals surface area contributed by atoms with E-state index < -0.39 is 0 Å². The Morgan fingerprint density at radius 3 is 3.20 bits per heavy atom. The van der Waals surface area contributed by atoms with E-state index in [0.29, 0.717) is 31.5 Å². The van der Waals surface area contributed by atoms with E-state index in [9.17, 15) is 4.79 Å². The Balaban J connectivity index is 1.91. The van der Waals surface area contributed by atoms with Gasteiger partial charge in [-0.15, -0.1) is 0 Å². The lowest BCUT2D eigenvalue weighted by Crippen LogP contribution is -2.26. The van der Waals surface area contributed by atoms with Gasteiger partial charge in [0.25, 0.3) is 5.56 Å². The van der Waals surface area contributed by atoms with Crippen LogP contribution >= 0.6 is 11.6 Å². The second-order valence-corrected chi connectivity index (χ2v) is 5.12. The molecule has 1 saturated heterocycles. The maximum absolute atomic E-state index is 12.0. The molecule has 1 aliphatic rings. The summed E-state index contributed by atoms with van der Waals surface area (Å²) >= 11 is 6.06. The maximum Gasteiger partial charge on any atom is 0.287 e. The van der Waals surface area contributed by atoms with Crippen molar-refractivity contribution in [1.82, 2.24) is 9.78 Å². The van der Waals surface area contributed by atoms with Crippen LogP contribution < -0.4 is 10.9 Å². The van der Waals surface area contributed by atoms with Crippen LogP contribution in [0.1, 0.15) is 19.3 Å². The monoisotopic (exact) mass is 301 g/mol. The first-order valence-corrected chi connectivity index (χ1v) is 7.20. The van der Waals surface area contributed by atoms with Crippen molar-refractivity contribution in [2.75, 3.05) is 32.2 Å². The molecule has 1 aromatic rings. The molecule has 2 rings (SSSR count). The summed E-state index contributed by atoms with van der Waals surface area (Å²) in [6, 6.07) is 0. The lowest BCUT2D eigenvalue weighted by Gasteiger charge is -2.12. The first-order chi connectivity index (χ1) is 9.72. The molecule has 1 aliphatic heterocycles. The molecule has 2 heterocycles. The van der Waals surface area contributed by atoms with E-state index in [1.807, 2.05) is 0 Å². The Morgan fingerprint density at radius 1 is 1.65 bits per heavy atom. The molecule has 0 aliphatic carbocycles. The molecule has 0 bridgehead atoms. The minimum atomic E-state index is -0.300. The van der Waals surface area contributed by atoms with Gasteiger partial charge in [0.2, 0.25) is 0 Å². The van der Waals surface area contributed by atoms with Gasteiger partial charge >= 0.3 is 0 Å². The van der Waals surface area contributed by atoms with Gasteiger partial charge in [-0.05, 0) is 19.3 Å². The largest absolute Gasteiger partial charge is 0.383 e. The Morgan fingerprint density at radius 2 is 2.50 bits per heavy atom. The minimum absolute atomic E-state index is 0.170. The fourth-order valence-electron chi connectivity index (χ4n) is 2.17. The summed E-state index contributed by atoms with van der Waals surface area (Å²) in [5.74, 6) is 0. The van der Waals surface area contributed by atoms with Crippen molar-refractivity contribution in [3.05, 3.63) is 21.6 Å². The quantitative estimate of drug-likeness (QED) is 0.827. The van der Waals surface area contributed by atoms with Crippen LogP contribution in [0.4, 0.5) is 5.69 Å². The molecule has 0 radical (unpaired) electrons. The van der Waals surface area contributed by atoms with Gasteiger partial charge in [-0.25, -0.2) is 4.68 Å². The molecule has 1 atom stereocenters. The lowest BCUT2D eigenvalue weighted by molar-refractivity contribution is 0.107. The average molecular weight is 302 g/mol. The van der Waals surface area contributed by atoms with Crippen LogP contribution in [-0.4, -0.2) is 42.8 Å². The van der Waals surface area contributed by atoms with Crippen molar-refractivity contribution < 1.29 is 9.47 Å². The molecule has 112 valence electrons. The van der Waals surface area contributed by atoms with Crippen LogP contribution in [0.2, 0.25) is 5.02 Å². The molecule has 1 aromatic heterocycles. The van der Waals surface area contributed by atoms with E-state index in [2.05, 4.69) is 10.4 Å². The zero-order valence-electron chi connectivity index (χ0n) is 11.6. The lowest BCUT2D eigenvalue weighted by atomic mass is 10.2. The van der Waals surface area contributed by atoms with Crippen molar-refractivity contribution in [3.63, 3.8) is 0 Å². The number of hydrogen-bond acceptors (Lipinski definition) is 5. The Labute approximate surface area is 123 Å². The number of ether oxygens (including phenoxy) is 2.